The SMILES string of the molecule is CC.CC=N/C(=C1/Sc2c(-c3cccc(-c4cccc5c4c4ccccc4n5-c4ccccc4)c3)cccc2C1(C)c1ccccc1)c1cccc(-c2ccccc2)c1. The van der Waals surface area contributed by atoms with Crippen LogP contribution in [0.15, 0.2) is 215 Å². The van der Waals surface area contributed by atoms with Crippen LogP contribution >= 0.6 is 11.8 Å². The van der Waals surface area contributed by atoms with Gasteiger partial charge in [0.15, 0.2) is 0 Å². The van der Waals surface area contributed by atoms with E-state index in [4.69, 9.17) is 4.99 Å². The summed E-state index contributed by atoms with van der Waals surface area (Å²) in [5, 5.41) is 2.52. The fourth-order valence-corrected chi connectivity index (χ4v) is 10.4. The van der Waals surface area contributed by atoms with Gasteiger partial charge in [-0.2, -0.15) is 0 Å². The molecule has 8 aromatic carbocycles. The third-order valence-electron chi connectivity index (χ3n) is 11.5. The highest BCUT2D eigenvalue weighted by molar-refractivity contribution is 8.04. The van der Waals surface area contributed by atoms with Crippen molar-refractivity contribution in [2.24, 2.45) is 4.99 Å². The molecule has 9 aromatic rings. The van der Waals surface area contributed by atoms with E-state index in [2.05, 4.69) is 212 Å². The monoisotopic (exact) mass is 778 g/mol. The Morgan fingerprint density at radius 2 is 1.12 bits per heavy atom. The Bertz CT molecular complexity index is 2990. The van der Waals surface area contributed by atoms with Crippen LogP contribution in [0.1, 0.15) is 44.4 Å². The number of thioether (sulfide) groups is 1. The highest BCUT2D eigenvalue weighted by Gasteiger charge is 2.44. The number of aromatic nitrogens is 1. The molecule has 0 saturated carbocycles. The first-order valence-electron chi connectivity index (χ1n) is 20.6. The van der Waals surface area contributed by atoms with Crippen molar-refractivity contribution in [3.8, 4) is 39.1 Å². The highest BCUT2D eigenvalue weighted by Crippen LogP contribution is 2.60. The molecule has 0 spiro atoms. The fourth-order valence-electron chi connectivity index (χ4n) is 8.78. The molecule has 2 nitrogen and oxygen atoms in total. The Morgan fingerprint density at radius 3 is 1.88 bits per heavy atom. The molecule has 0 amide bonds. The van der Waals surface area contributed by atoms with Gasteiger partial charge in [-0.3, -0.25) is 4.99 Å². The maximum absolute atomic E-state index is 5.18. The van der Waals surface area contributed by atoms with Crippen molar-refractivity contribution in [1.82, 2.24) is 4.57 Å². The number of para-hydroxylation sites is 2. The number of fused-ring (bicyclic) bond motifs is 4. The number of benzene rings is 8. The lowest BCUT2D eigenvalue weighted by molar-refractivity contribution is 0.710. The van der Waals surface area contributed by atoms with Crippen LogP contribution in [0.4, 0.5) is 0 Å². The molecular formula is C56H46N2S. The van der Waals surface area contributed by atoms with Gasteiger partial charge < -0.3 is 4.57 Å². The number of nitrogens with zero attached hydrogens (tertiary/aromatic N) is 2. The van der Waals surface area contributed by atoms with Crippen LogP contribution in [0.5, 0.6) is 0 Å². The smallest absolute Gasteiger partial charge is 0.0809 e. The summed E-state index contributed by atoms with van der Waals surface area (Å²) in [5.41, 5.74) is 15.0. The molecule has 3 heteroatoms. The van der Waals surface area contributed by atoms with E-state index >= 15 is 0 Å². The lowest BCUT2D eigenvalue weighted by Gasteiger charge is -2.29. The number of hydrogen-bond donors (Lipinski definition) is 0. The van der Waals surface area contributed by atoms with Gasteiger partial charge in [0.1, 0.15) is 0 Å². The van der Waals surface area contributed by atoms with Gasteiger partial charge in [-0.05, 0) is 94.8 Å². The lowest BCUT2D eigenvalue weighted by Crippen LogP contribution is -2.22. The minimum absolute atomic E-state index is 0.426. The van der Waals surface area contributed by atoms with Crippen molar-refractivity contribution in [2.75, 3.05) is 0 Å². The summed E-state index contributed by atoms with van der Waals surface area (Å²) in [6, 6.07) is 72.6. The molecular weight excluding hydrogens is 733 g/mol. The molecule has 1 atom stereocenters. The van der Waals surface area contributed by atoms with Crippen molar-refractivity contribution >= 4 is 45.5 Å². The Kier molecular flexibility index (Phi) is 10.5. The number of allylic oxidation sites excluding steroid dienone is 1. The van der Waals surface area contributed by atoms with Crippen molar-refractivity contribution in [2.45, 2.75) is 38.0 Å². The van der Waals surface area contributed by atoms with E-state index in [-0.39, 0.29) is 0 Å². The second-order valence-corrected chi connectivity index (χ2v) is 15.8. The standard InChI is InChI=1S/C54H40N2S.C2H6/c1-3-55-51(41-24-15-21-38(35-41)37-19-7-4-8-20-37)53-54(2,42-25-9-5-10-26-42)47-32-17-31-45(52(47)57-53)40-23-16-22-39(36-40)44-30-18-34-49-50(44)46-29-13-14-33-48(46)56(49)43-27-11-6-12-28-43;1-2/h3-36H,1-2H3;1-2H3/b53-51+,55-3?;. The van der Waals surface area contributed by atoms with E-state index in [0.717, 1.165) is 16.9 Å². The van der Waals surface area contributed by atoms with Crippen LogP contribution in [-0.2, 0) is 5.41 Å². The van der Waals surface area contributed by atoms with Gasteiger partial charge in [0.25, 0.3) is 0 Å². The van der Waals surface area contributed by atoms with Crippen LogP contribution in [0.25, 0.3) is 66.6 Å². The summed E-state index contributed by atoms with van der Waals surface area (Å²) in [5.74, 6) is 0. The fraction of sp³-hybridized carbons (Fsp3) is 0.0893. The average Bonchev–Trinajstić information content (AvgIpc) is 3.82. The first-order chi connectivity index (χ1) is 29.1. The summed E-state index contributed by atoms with van der Waals surface area (Å²) >= 11 is 1.87. The minimum Gasteiger partial charge on any atom is -0.309 e. The third kappa shape index (κ3) is 6.62. The molecule has 2 heterocycles. The Hall–Kier alpha value is -6.68. The molecule has 0 bridgehead atoms. The first kappa shape index (κ1) is 37.9. The van der Waals surface area contributed by atoms with Crippen LogP contribution in [-0.4, -0.2) is 10.8 Å². The van der Waals surface area contributed by atoms with E-state index in [1.165, 1.54) is 76.1 Å². The van der Waals surface area contributed by atoms with E-state index in [9.17, 15) is 0 Å². The molecule has 1 unspecified atom stereocenters. The second kappa shape index (κ2) is 16.3. The normalized spacial score (nSPS) is 15.6. The topological polar surface area (TPSA) is 17.3 Å². The zero-order valence-corrected chi connectivity index (χ0v) is 34.7. The molecule has 10 rings (SSSR count). The first-order valence-corrected chi connectivity index (χ1v) is 21.4. The van der Waals surface area contributed by atoms with Crippen LogP contribution in [0.2, 0.25) is 0 Å². The maximum atomic E-state index is 5.18. The van der Waals surface area contributed by atoms with E-state index in [1.807, 2.05) is 38.7 Å². The van der Waals surface area contributed by atoms with Crippen molar-refractivity contribution in [1.29, 1.82) is 0 Å². The molecule has 1 aliphatic heterocycles. The summed E-state index contributed by atoms with van der Waals surface area (Å²) < 4.78 is 2.39. The Balaban J connectivity index is 0.00000221. The summed E-state index contributed by atoms with van der Waals surface area (Å²) in [6.45, 7) is 8.40. The van der Waals surface area contributed by atoms with E-state index in [0.29, 0.717) is 0 Å². The molecule has 0 saturated heterocycles. The largest absolute Gasteiger partial charge is 0.309 e. The minimum atomic E-state index is -0.426. The predicted molar refractivity (Wildman–Crippen MR) is 255 cm³/mol. The second-order valence-electron chi connectivity index (χ2n) is 14.8. The van der Waals surface area contributed by atoms with Gasteiger partial charge in [-0.15, -0.1) is 0 Å². The highest BCUT2D eigenvalue weighted by atomic mass is 32.2. The molecule has 0 N–H and O–H groups in total. The molecule has 286 valence electrons. The van der Waals surface area contributed by atoms with Gasteiger partial charge >= 0.3 is 0 Å². The van der Waals surface area contributed by atoms with Crippen molar-refractivity contribution in [3.05, 3.63) is 222 Å². The molecule has 0 fully saturated rings. The molecule has 59 heavy (non-hydrogen) atoms. The Labute approximate surface area is 352 Å². The third-order valence-corrected chi connectivity index (χ3v) is 12.9. The predicted octanol–water partition coefficient (Wildman–Crippen LogP) is 15.7. The van der Waals surface area contributed by atoms with E-state index < -0.39 is 5.41 Å². The van der Waals surface area contributed by atoms with Crippen molar-refractivity contribution < 1.29 is 0 Å². The van der Waals surface area contributed by atoms with Crippen molar-refractivity contribution in [3.63, 3.8) is 0 Å². The zero-order valence-electron chi connectivity index (χ0n) is 33.9. The van der Waals surface area contributed by atoms with Gasteiger partial charge in [0, 0.05) is 38.0 Å². The molecule has 0 aliphatic carbocycles. The van der Waals surface area contributed by atoms with Crippen LogP contribution < -0.4 is 0 Å². The lowest BCUT2D eigenvalue weighted by atomic mass is 9.74. The molecule has 1 aromatic heterocycles. The summed E-state index contributed by atoms with van der Waals surface area (Å²) in [6.07, 6.45) is 1.94. The van der Waals surface area contributed by atoms with E-state index in [1.54, 1.807) is 0 Å². The Morgan fingerprint density at radius 1 is 0.542 bits per heavy atom. The molecule has 0 radical (unpaired) electrons. The number of aliphatic imine (C=N–C) groups is 1. The van der Waals surface area contributed by atoms with Crippen LogP contribution in [0, 0.1) is 0 Å². The molecule has 1 aliphatic rings. The summed E-state index contributed by atoms with van der Waals surface area (Å²) in [7, 11) is 0. The van der Waals surface area contributed by atoms with Gasteiger partial charge in [-0.1, -0.05) is 189 Å². The number of hydrogen-bond acceptors (Lipinski definition) is 2. The quantitative estimate of drug-likeness (QED) is 0.147. The average molecular weight is 779 g/mol. The van der Waals surface area contributed by atoms with Gasteiger partial charge in [0.2, 0.25) is 0 Å². The van der Waals surface area contributed by atoms with Gasteiger partial charge in [0.05, 0.1) is 22.1 Å². The maximum Gasteiger partial charge on any atom is 0.0809 e. The van der Waals surface area contributed by atoms with Crippen LogP contribution in [0.3, 0.4) is 0 Å². The number of rotatable bonds is 7. The summed E-state index contributed by atoms with van der Waals surface area (Å²) in [4.78, 5) is 7.69. The van der Waals surface area contributed by atoms with Gasteiger partial charge in [-0.25, -0.2) is 0 Å². The zero-order chi connectivity index (χ0) is 40.3.